The Labute approximate surface area is 138 Å². The van der Waals surface area contributed by atoms with Crippen LogP contribution in [0.3, 0.4) is 0 Å². The Morgan fingerprint density at radius 1 is 1.29 bits per heavy atom. The average molecular weight is 338 g/mol. The van der Waals surface area contributed by atoms with Crippen molar-refractivity contribution in [2.45, 2.75) is 31.8 Å². The van der Waals surface area contributed by atoms with E-state index in [-0.39, 0.29) is 29.9 Å². The second kappa shape index (κ2) is 6.35. The number of likely N-dealkylation sites (tertiary alicyclic amines) is 1. The molecule has 2 aliphatic heterocycles. The fourth-order valence-electron chi connectivity index (χ4n) is 3.27. The maximum atomic E-state index is 14.2. The van der Waals surface area contributed by atoms with Gasteiger partial charge in [-0.3, -0.25) is 9.69 Å². The fourth-order valence-corrected chi connectivity index (χ4v) is 3.27. The number of benzene rings is 1. The quantitative estimate of drug-likeness (QED) is 0.857. The molecule has 3 rings (SSSR count). The molecule has 0 spiro atoms. The SMILES string of the molecule is CC1CC(N)CCN1C(=O)c1cc(N2CCNC2=O)c(F)cc1F. The molecule has 3 N–H and O–H groups in total. The van der Waals surface area contributed by atoms with Crippen LogP contribution in [0.1, 0.15) is 30.1 Å². The summed E-state index contributed by atoms with van der Waals surface area (Å²) in [5.74, 6) is -2.30. The number of nitrogens with one attached hydrogen (secondary N) is 1. The number of carbonyl (C=O) groups excluding carboxylic acids is 2. The van der Waals surface area contributed by atoms with Crippen LogP contribution in [0.4, 0.5) is 19.3 Å². The minimum absolute atomic E-state index is 0.0194. The lowest BCUT2D eigenvalue weighted by Gasteiger charge is -2.36. The van der Waals surface area contributed by atoms with E-state index in [4.69, 9.17) is 5.73 Å². The van der Waals surface area contributed by atoms with Gasteiger partial charge in [0.15, 0.2) is 0 Å². The van der Waals surface area contributed by atoms with Crippen molar-refractivity contribution in [3.8, 4) is 0 Å². The first-order valence-corrected chi connectivity index (χ1v) is 7.99. The van der Waals surface area contributed by atoms with Crippen LogP contribution < -0.4 is 16.0 Å². The molecule has 2 aliphatic rings. The van der Waals surface area contributed by atoms with Crippen molar-refractivity contribution in [2.24, 2.45) is 5.73 Å². The summed E-state index contributed by atoms with van der Waals surface area (Å²) in [6.07, 6.45) is 1.27. The number of nitrogens with two attached hydrogens (primary N) is 1. The monoisotopic (exact) mass is 338 g/mol. The van der Waals surface area contributed by atoms with Crippen LogP contribution in [-0.4, -0.2) is 48.6 Å². The van der Waals surface area contributed by atoms with Crippen LogP contribution in [0.2, 0.25) is 0 Å². The molecule has 2 atom stereocenters. The van der Waals surface area contributed by atoms with Crippen LogP contribution in [0.5, 0.6) is 0 Å². The fraction of sp³-hybridized carbons (Fsp3) is 0.500. The molecular weight excluding hydrogens is 318 g/mol. The van der Waals surface area contributed by atoms with Crippen molar-refractivity contribution in [3.63, 3.8) is 0 Å². The summed E-state index contributed by atoms with van der Waals surface area (Å²) in [6.45, 7) is 2.93. The van der Waals surface area contributed by atoms with Crippen LogP contribution in [0.15, 0.2) is 12.1 Å². The van der Waals surface area contributed by atoms with Gasteiger partial charge in [0.2, 0.25) is 0 Å². The Balaban J connectivity index is 1.92. The maximum absolute atomic E-state index is 14.2. The van der Waals surface area contributed by atoms with Crippen molar-refractivity contribution < 1.29 is 18.4 Å². The number of rotatable bonds is 2. The van der Waals surface area contributed by atoms with Gasteiger partial charge in [-0.2, -0.15) is 0 Å². The summed E-state index contributed by atoms with van der Waals surface area (Å²) in [5.41, 5.74) is 5.57. The van der Waals surface area contributed by atoms with Gasteiger partial charge in [0.1, 0.15) is 11.6 Å². The molecule has 0 saturated carbocycles. The number of halogens is 2. The van der Waals surface area contributed by atoms with E-state index < -0.39 is 23.6 Å². The largest absolute Gasteiger partial charge is 0.336 e. The van der Waals surface area contributed by atoms with E-state index in [1.54, 1.807) is 4.90 Å². The first-order chi connectivity index (χ1) is 11.4. The number of urea groups is 1. The highest BCUT2D eigenvalue weighted by Gasteiger charge is 2.31. The van der Waals surface area contributed by atoms with Gasteiger partial charge in [-0.15, -0.1) is 0 Å². The van der Waals surface area contributed by atoms with Gasteiger partial charge < -0.3 is 16.0 Å². The molecule has 2 saturated heterocycles. The molecule has 24 heavy (non-hydrogen) atoms. The highest BCUT2D eigenvalue weighted by molar-refractivity contribution is 5.99. The number of anilines is 1. The lowest BCUT2D eigenvalue weighted by atomic mass is 9.98. The molecular formula is C16H20F2N4O2. The van der Waals surface area contributed by atoms with Crippen LogP contribution in [0, 0.1) is 11.6 Å². The first-order valence-electron chi connectivity index (χ1n) is 7.99. The average Bonchev–Trinajstić information content (AvgIpc) is 2.93. The summed E-state index contributed by atoms with van der Waals surface area (Å²) in [4.78, 5) is 27.1. The molecule has 3 amide bonds. The highest BCUT2D eigenvalue weighted by Crippen LogP contribution is 2.27. The van der Waals surface area contributed by atoms with Crippen LogP contribution >= 0.6 is 0 Å². The molecule has 6 nitrogen and oxygen atoms in total. The van der Waals surface area contributed by atoms with Gasteiger partial charge in [0, 0.05) is 37.8 Å². The third-order valence-electron chi connectivity index (χ3n) is 4.59. The molecule has 130 valence electrons. The molecule has 2 unspecified atom stereocenters. The van der Waals surface area contributed by atoms with E-state index in [2.05, 4.69) is 5.32 Å². The van der Waals surface area contributed by atoms with Gasteiger partial charge in [0.05, 0.1) is 11.3 Å². The van der Waals surface area contributed by atoms with E-state index in [9.17, 15) is 18.4 Å². The van der Waals surface area contributed by atoms with Gasteiger partial charge in [0.25, 0.3) is 5.91 Å². The minimum Gasteiger partial charge on any atom is -0.336 e. The predicted octanol–water partition coefficient (Wildman–Crippen LogP) is 1.45. The molecule has 0 radical (unpaired) electrons. The van der Waals surface area contributed by atoms with Crippen LogP contribution in [-0.2, 0) is 0 Å². The Morgan fingerprint density at radius 3 is 2.67 bits per heavy atom. The van der Waals surface area contributed by atoms with Crippen molar-refractivity contribution in [3.05, 3.63) is 29.3 Å². The summed E-state index contributed by atoms with van der Waals surface area (Å²) >= 11 is 0. The van der Waals surface area contributed by atoms with Crippen molar-refractivity contribution in [1.82, 2.24) is 10.2 Å². The van der Waals surface area contributed by atoms with E-state index >= 15 is 0 Å². The first kappa shape index (κ1) is 16.6. The number of amides is 3. The van der Waals surface area contributed by atoms with E-state index in [1.165, 1.54) is 4.90 Å². The smallest absolute Gasteiger partial charge is 0.322 e. The van der Waals surface area contributed by atoms with Crippen molar-refractivity contribution in [2.75, 3.05) is 24.5 Å². The second-order valence-corrected chi connectivity index (χ2v) is 6.30. The third kappa shape index (κ3) is 2.93. The third-order valence-corrected chi connectivity index (χ3v) is 4.59. The minimum atomic E-state index is -0.928. The van der Waals surface area contributed by atoms with Crippen molar-refractivity contribution >= 4 is 17.6 Å². The van der Waals surface area contributed by atoms with Crippen molar-refractivity contribution in [1.29, 1.82) is 0 Å². The van der Waals surface area contributed by atoms with E-state index in [0.29, 0.717) is 32.0 Å². The number of nitrogens with zero attached hydrogens (tertiary/aromatic N) is 2. The van der Waals surface area contributed by atoms with Gasteiger partial charge in [-0.25, -0.2) is 13.6 Å². The maximum Gasteiger partial charge on any atom is 0.322 e. The zero-order valence-electron chi connectivity index (χ0n) is 13.4. The Bertz CT molecular complexity index is 682. The van der Waals surface area contributed by atoms with E-state index in [0.717, 1.165) is 6.07 Å². The molecule has 0 bridgehead atoms. The Hall–Kier alpha value is -2.22. The number of hydrogen-bond donors (Lipinski definition) is 2. The lowest BCUT2D eigenvalue weighted by Crippen LogP contribution is -2.48. The molecule has 0 aromatic heterocycles. The molecule has 2 fully saturated rings. The lowest BCUT2D eigenvalue weighted by molar-refractivity contribution is 0.0614. The predicted molar refractivity (Wildman–Crippen MR) is 84.8 cm³/mol. The van der Waals surface area contributed by atoms with Gasteiger partial charge >= 0.3 is 6.03 Å². The highest BCUT2D eigenvalue weighted by atomic mass is 19.1. The zero-order valence-corrected chi connectivity index (χ0v) is 13.4. The standard InChI is InChI=1S/C16H20F2N4O2/c1-9-6-10(19)2-4-21(9)15(23)11-7-14(13(18)8-12(11)17)22-5-3-20-16(22)24/h7-10H,2-6,19H2,1H3,(H,20,24). The summed E-state index contributed by atoms with van der Waals surface area (Å²) in [6, 6.07) is 1.22. The zero-order chi connectivity index (χ0) is 17.4. The summed E-state index contributed by atoms with van der Waals surface area (Å²) in [5, 5.41) is 2.55. The normalized spacial score (nSPS) is 24.2. The molecule has 1 aromatic rings. The van der Waals surface area contributed by atoms with Gasteiger partial charge in [-0.05, 0) is 25.8 Å². The molecule has 2 heterocycles. The Morgan fingerprint density at radius 2 is 2.04 bits per heavy atom. The van der Waals surface area contributed by atoms with Gasteiger partial charge in [-0.1, -0.05) is 0 Å². The molecule has 0 aliphatic carbocycles. The summed E-state index contributed by atoms with van der Waals surface area (Å²) < 4.78 is 28.3. The Kier molecular flexibility index (Phi) is 4.40. The number of carbonyl (C=O) groups is 2. The molecule has 8 heteroatoms. The topological polar surface area (TPSA) is 78.7 Å². The number of hydrogen-bond acceptors (Lipinski definition) is 3. The van der Waals surface area contributed by atoms with Crippen LogP contribution in [0.25, 0.3) is 0 Å². The summed E-state index contributed by atoms with van der Waals surface area (Å²) in [7, 11) is 0. The van der Waals surface area contributed by atoms with E-state index in [1.807, 2.05) is 6.92 Å². The number of piperidine rings is 1. The molecule has 1 aromatic carbocycles. The second-order valence-electron chi connectivity index (χ2n) is 6.30.